The number of nitrogens with zero attached hydrogens (tertiary/aromatic N) is 3. The maximum Gasteiger partial charge on any atom is 0.212 e. The summed E-state index contributed by atoms with van der Waals surface area (Å²) in [5.41, 5.74) is 0.830. The van der Waals surface area contributed by atoms with Crippen LogP contribution in [0.3, 0.4) is 0 Å². The summed E-state index contributed by atoms with van der Waals surface area (Å²) in [4.78, 5) is 3.92. The molecule has 0 unspecified atom stereocenters. The van der Waals surface area contributed by atoms with E-state index in [0.29, 0.717) is 5.15 Å². The third kappa shape index (κ3) is 2.99. The predicted molar refractivity (Wildman–Crippen MR) is 63.0 cm³/mol. The highest BCUT2D eigenvalue weighted by Crippen LogP contribution is 2.26. The van der Waals surface area contributed by atoms with E-state index in [0.717, 1.165) is 5.56 Å². The van der Waals surface area contributed by atoms with Gasteiger partial charge in [-0.1, -0.05) is 27.8 Å². The molecule has 6 heteroatoms. The Hall–Kier alpha value is -0.960. The van der Waals surface area contributed by atoms with Crippen LogP contribution in [0.25, 0.3) is 0 Å². The van der Waals surface area contributed by atoms with Gasteiger partial charge in [0.25, 0.3) is 0 Å². The molecule has 0 aliphatic carbocycles. The molecule has 0 aliphatic rings. The van der Waals surface area contributed by atoms with E-state index < -0.39 is 10.1 Å². The second-order valence-corrected chi connectivity index (χ2v) is 6.59. The zero-order valence-electron chi connectivity index (χ0n) is 8.42. The van der Waals surface area contributed by atoms with Crippen molar-refractivity contribution >= 4 is 21.7 Å². The molecule has 0 radical (unpaired) electrons. The molecule has 0 fully saturated rings. The van der Waals surface area contributed by atoms with Gasteiger partial charge in [0.2, 0.25) is 6.19 Å². The Balaban J connectivity index is 3.06. The van der Waals surface area contributed by atoms with Crippen LogP contribution in [0.1, 0.15) is 17.7 Å². The fourth-order valence-corrected chi connectivity index (χ4v) is 2.28. The highest BCUT2D eigenvalue weighted by atomic mass is 35.5. The number of aromatic nitrogens is 1. The van der Waals surface area contributed by atoms with Gasteiger partial charge in [-0.15, -0.1) is 4.36 Å². The Labute approximate surface area is 94.8 Å². The molecule has 4 nitrogen and oxygen atoms in total. The minimum absolute atomic E-state index is 0.207. The van der Waals surface area contributed by atoms with E-state index in [1.807, 2.05) is 6.92 Å². The Morgan fingerprint density at radius 3 is 2.80 bits per heavy atom. The SMILES string of the molecule is C[C@@H](c1ccc(Cl)nc1)[SH](C)(O)=NC#N. The highest BCUT2D eigenvalue weighted by Gasteiger charge is 2.15. The summed E-state index contributed by atoms with van der Waals surface area (Å²) < 4.78 is 13.5. The minimum atomic E-state index is -2.59. The lowest BCUT2D eigenvalue weighted by Gasteiger charge is -2.24. The number of pyridine rings is 1. The predicted octanol–water partition coefficient (Wildman–Crippen LogP) is 2.45. The third-order valence-electron chi connectivity index (χ3n) is 2.21. The van der Waals surface area contributed by atoms with Crippen LogP contribution in [0.15, 0.2) is 22.7 Å². The van der Waals surface area contributed by atoms with Gasteiger partial charge in [0.05, 0.1) is 0 Å². The number of halogens is 1. The first kappa shape index (κ1) is 12.1. The Kier molecular flexibility index (Phi) is 3.80. The summed E-state index contributed by atoms with van der Waals surface area (Å²) in [7, 11) is -2.59. The Morgan fingerprint density at radius 1 is 1.67 bits per heavy atom. The quantitative estimate of drug-likeness (QED) is 0.478. The maximum atomic E-state index is 9.97. The van der Waals surface area contributed by atoms with E-state index in [4.69, 9.17) is 16.9 Å². The number of nitriles is 1. The maximum absolute atomic E-state index is 9.97. The molecule has 1 rings (SSSR count). The van der Waals surface area contributed by atoms with Crippen molar-refractivity contribution in [3.8, 4) is 6.19 Å². The first-order valence-electron chi connectivity index (χ1n) is 4.29. The molecule has 0 bridgehead atoms. The van der Waals surface area contributed by atoms with Gasteiger partial charge >= 0.3 is 0 Å². The monoisotopic (exact) mass is 245 g/mol. The van der Waals surface area contributed by atoms with Gasteiger partial charge < -0.3 is 4.55 Å². The van der Waals surface area contributed by atoms with Gasteiger partial charge in [-0.05, 0) is 24.8 Å². The van der Waals surface area contributed by atoms with Crippen molar-refractivity contribution in [3.63, 3.8) is 0 Å². The number of hydrogen-bond acceptors (Lipinski definition) is 3. The highest BCUT2D eigenvalue weighted by molar-refractivity contribution is 7.99. The molecule has 0 aromatic carbocycles. The fraction of sp³-hybridized carbons (Fsp3) is 0.333. The van der Waals surface area contributed by atoms with Gasteiger partial charge in [0, 0.05) is 11.4 Å². The van der Waals surface area contributed by atoms with Crippen molar-refractivity contribution in [3.05, 3.63) is 29.0 Å². The van der Waals surface area contributed by atoms with Crippen LogP contribution in [0.4, 0.5) is 0 Å². The molecule has 0 aliphatic heterocycles. The average Bonchev–Trinajstić information content (AvgIpc) is 2.18. The zero-order valence-corrected chi connectivity index (χ0v) is 10.1. The second kappa shape index (κ2) is 4.71. The lowest BCUT2D eigenvalue weighted by atomic mass is 10.2. The summed E-state index contributed by atoms with van der Waals surface area (Å²) in [5, 5.41) is 8.65. The molecule has 0 amide bonds. The zero-order chi connectivity index (χ0) is 11.5. The van der Waals surface area contributed by atoms with Crippen molar-refractivity contribution in [2.45, 2.75) is 12.2 Å². The molecule has 0 saturated carbocycles. The van der Waals surface area contributed by atoms with Gasteiger partial charge in [0.15, 0.2) is 0 Å². The number of hydrogen-bond donors (Lipinski definition) is 2. The molecule has 0 spiro atoms. The van der Waals surface area contributed by atoms with E-state index in [1.165, 1.54) is 0 Å². The van der Waals surface area contributed by atoms with E-state index >= 15 is 0 Å². The molecule has 15 heavy (non-hydrogen) atoms. The molecule has 0 saturated heterocycles. The molecule has 1 N–H and O–H groups in total. The molecule has 1 aromatic rings. The fourth-order valence-electron chi connectivity index (χ4n) is 1.09. The van der Waals surface area contributed by atoms with Crippen molar-refractivity contribution in [1.29, 1.82) is 5.26 Å². The van der Waals surface area contributed by atoms with Crippen molar-refractivity contribution < 1.29 is 4.55 Å². The molecule has 1 aromatic heterocycles. The number of rotatable bonds is 2. The van der Waals surface area contributed by atoms with Crippen LogP contribution in [-0.4, -0.2) is 15.8 Å². The lowest BCUT2D eigenvalue weighted by Crippen LogP contribution is -2.15. The molecular weight excluding hydrogens is 234 g/mol. The van der Waals surface area contributed by atoms with Crippen LogP contribution in [0, 0.1) is 11.5 Å². The largest absolute Gasteiger partial charge is 0.343 e. The smallest absolute Gasteiger partial charge is 0.212 e. The summed E-state index contributed by atoms with van der Waals surface area (Å²) >= 11 is 5.65. The van der Waals surface area contributed by atoms with Crippen LogP contribution >= 0.6 is 11.6 Å². The third-order valence-corrected chi connectivity index (χ3v) is 4.70. The van der Waals surface area contributed by atoms with Crippen molar-refractivity contribution in [2.24, 2.45) is 4.36 Å². The summed E-state index contributed by atoms with van der Waals surface area (Å²) in [6.07, 6.45) is 4.83. The van der Waals surface area contributed by atoms with Crippen LogP contribution in [0.2, 0.25) is 5.15 Å². The molecule has 1 atom stereocenters. The lowest BCUT2D eigenvalue weighted by molar-refractivity contribution is 0.621. The van der Waals surface area contributed by atoms with Crippen molar-refractivity contribution in [2.75, 3.05) is 6.26 Å². The second-order valence-electron chi connectivity index (χ2n) is 3.27. The standard InChI is InChI=1S/C9H12ClN3OS/c1-7(15(2,14)13-6-11)8-3-4-9(10)12-5-8/h3-5,7,15H,1-2H3,(H,13,14)/t7-/m0/s1. The average molecular weight is 246 g/mol. The van der Waals surface area contributed by atoms with Gasteiger partial charge in [-0.3, -0.25) is 0 Å². The van der Waals surface area contributed by atoms with Gasteiger partial charge in [-0.2, -0.15) is 5.26 Å². The molecule has 1 heterocycles. The van der Waals surface area contributed by atoms with Gasteiger partial charge in [0.1, 0.15) is 5.15 Å². The minimum Gasteiger partial charge on any atom is -0.343 e. The number of thiol groups is 1. The Morgan fingerprint density at radius 2 is 2.33 bits per heavy atom. The summed E-state index contributed by atoms with van der Waals surface area (Å²) in [6, 6.07) is 3.43. The topological polar surface area (TPSA) is 69.3 Å². The normalized spacial score (nSPS) is 14.1. The summed E-state index contributed by atoms with van der Waals surface area (Å²) in [6.45, 7) is 1.82. The van der Waals surface area contributed by atoms with Crippen LogP contribution in [0.5, 0.6) is 0 Å². The van der Waals surface area contributed by atoms with E-state index in [1.54, 1.807) is 30.8 Å². The molecular formula is C9H12ClN3OS. The Bertz CT molecular complexity index is 432. The first-order valence-corrected chi connectivity index (χ1v) is 6.88. The van der Waals surface area contributed by atoms with Crippen LogP contribution in [-0.2, 0) is 10.1 Å². The summed E-state index contributed by atoms with van der Waals surface area (Å²) in [5.74, 6) is 0. The molecule has 82 valence electrons. The van der Waals surface area contributed by atoms with E-state index in [-0.39, 0.29) is 5.25 Å². The van der Waals surface area contributed by atoms with E-state index in [2.05, 4.69) is 9.35 Å². The van der Waals surface area contributed by atoms with Crippen molar-refractivity contribution in [1.82, 2.24) is 4.98 Å². The van der Waals surface area contributed by atoms with E-state index in [9.17, 15) is 4.55 Å². The van der Waals surface area contributed by atoms with Crippen LogP contribution < -0.4 is 0 Å². The first-order chi connectivity index (χ1) is 6.97. The van der Waals surface area contributed by atoms with Gasteiger partial charge in [-0.25, -0.2) is 4.98 Å².